The molecule has 1 atom stereocenters. The van der Waals surface area contributed by atoms with Crippen molar-refractivity contribution in [2.45, 2.75) is 12.5 Å². The minimum absolute atomic E-state index is 0.312. The van der Waals surface area contributed by atoms with Gasteiger partial charge in [-0.05, 0) is 34.9 Å². The van der Waals surface area contributed by atoms with Gasteiger partial charge in [0.2, 0.25) is 5.91 Å². The zero-order valence-electron chi connectivity index (χ0n) is 14.3. The molecule has 2 amide bonds. The molecule has 4 nitrogen and oxygen atoms in total. The predicted molar refractivity (Wildman–Crippen MR) is 104 cm³/mol. The number of nitrogens with two attached hydrogens (primary N) is 1. The Morgan fingerprint density at radius 3 is 2.35 bits per heavy atom. The minimum atomic E-state index is -0.756. The smallest absolute Gasteiger partial charge is 0.251 e. The van der Waals surface area contributed by atoms with E-state index >= 15 is 0 Å². The van der Waals surface area contributed by atoms with Gasteiger partial charge in [0.1, 0.15) is 6.04 Å². The zero-order valence-corrected chi connectivity index (χ0v) is 14.3. The Morgan fingerprint density at radius 1 is 0.923 bits per heavy atom. The second kappa shape index (κ2) is 8.12. The number of primary amides is 1. The third-order valence-electron chi connectivity index (χ3n) is 4.14. The van der Waals surface area contributed by atoms with Crippen LogP contribution in [0.3, 0.4) is 0 Å². The van der Waals surface area contributed by atoms with Crippen molar-refractivity contribution in [2.24, 2.45) is 5.73 Å². The Morgan fingerprint density at radius 2 is 1.62 bits per heavy atom. The normalized spacial score (nSPS) is 12.2. The van der Waals surface area contributed by atoms with Crippen molar-refractivity contribution in [1.82, 2.24) is 5.32 Å². The molecule has 3 N–H and O–H groups in total. The standard InChI is InChI=1S/C22H20N2O2/c23-21(25)20(12-6-9-16-7-2-1-3-8-16)24-22(26)19-14-13-17-10-4-5-11-18(17)15-19/h1-11,13-15,20H,12H2,(H2,23,25)(H,24,26)/b9-6+/t20-/m0/s1. The molecule has 3 rings (SSSR count). The van der Waals surface area contributed by atoms with Gasteiger partial charge in [-0.3, -0.25) is 9.59 Å². The average Bonchev–Trinajstić information content (AvgIpc) is 2.67. The van der Waals surface area contributed by atoms with E-state index in [4.69, 9.17) is 5.73 Å². The van der Waals surface area contributed by atoms with Crippen LogP contribution < -0.4 is 11.1 Å². The highest BCUT2D eigenvalue weighted by Crippen LogP contribution is 2.16. The number of rotatable bonds is 6. The van der Waals surface area contributed by atoms with Crippen LogP contribution in [0.2, 0.25) is 0 Å². The van der Waals surface area contributed by atoms with E-state index < -0.39 is 11.9 Å². The van der Waals surface area contributed by atoms with Crippen molar-refractivity contribution in [2.75, 3.05) is 0 Å². The Hall–Kier alpha value is -3.40. The van der Waals surface area contributed by atoms with Gasteiger partial charge in [-0.1, -0.05) is 72.8 Å². The van der Waals surface area contributed by atoms with Crippen molar-refractivity contribution >= 4 is 28.7 Å². The summed E-state index contributed by atoms with van der Waals surface area (Å²) in [6.07, 6.45) is 4.08. The number of amides is 2. The summed E-state index contributed by atoms with van der Waals surface area (Å²) >= 11 is 0. The predicted octanol–water partition coefficient (Wildman–Crippen LogP) is 3.53. The molecule has 0 aliphatic rings. The third kappa shape index (κ3) is 4.36. The second-order valence-electron chi connectivity index (χ2n) is 6.04. The fourth-order valence-corrected chi connectivity index (χ4v) is 2.72. The number of hydrogen-bond acceptors (Lipinski definition) is 2. The van der Waals surface area contributed by atoms with E-state index in [1.165, 1.54) is 0 Å². The van der Waals surface area contributed by atoms with E-state index in [1.807, 2.05) is 78.9 Å². The summed E-state index contributed by atoms with van der Waals surface area (Å²) < 4.78 is 0. The van der Waals surface area contributed by atoms with Crippen molar-refractivity contribution < 1.29 is 9.59 Å². The Bertz CT molecular complexity index is 949. The fraction of sp³-hybridized carbons (Fsp3) is 0.0909. The van der Waals surface area contributed by atoms with Crippen molar-refractivity contribution in [3.8, 4) is 0 Å². The van der Waals surface area contributed by atoms with Crippen LogP contribution in [0.25, 0.3) is 16.8 Å². The molecule has 0 aliphatic carbocycles. The van der Waals surface area contributed by atoms with Crippen LogP contribution in [0, 0.1) is 0 Å². The molecular weight excluding hydrogens is 324 g/mol. The highest BCUT2D eigenvalue weighted by molar-refractivity contribution is 6.00. The Balaban J connectivity index is 1.69. The van der Waals surface area contributed by atoms with E-state index in [0.717, 1.165) is 16.3 Å². The molecule has 0 saturated heterocycles. The van der Waals surface area contributed by atoms with Gasteiger partial charge < -0.3 is 11.1 Å². The quantitative estimate of drug-likeness (QED) is 0.718. The van der Waals surface area contributed by atoms with Gasteiger partial charge in [-0.15, -0.1) is 0 Å². The summed E-state index contributed by atoms with van der Waals surface area (Å²) in [7, 11) is 0. The SMILES string of the molecule is NC(=O)[C@H](C/C=C/c1ccccc1)NC(=O)c1ccc2ccccc2c1. The van der Waals surface area contributed by atoms with Crippen LogP contribution in [-0.2, 0) is 4.79 Å². The monoisotopic (exact) mass is 344 g/mol. The highest BCUT2D eigenvalue weighted by atomic mass is 16.2. The van der Waals surface area contributed by atoms with Gasteiger partial charge in [0.25, 0.3) is 5.91 Å². The molecule has 0 spiro atoms. The van der Waals surface area contributed by atoms with Gasteiger partial charge in [-0.25, -0.2) is 0 Å². The van der Waals surface area contributed by atoms with Crippen LogP contribution in [-0.4, -0.2) is 17.9 Å². The van der Waals surface area contributed by atoms with E-state index in [0.29, 0.717) is 12.0 Å². The first kappa shape index (κ1) is 17.4. The summed E-state index contributed by atoms with van der Waals surface area (Å²) in [5.74, 6) is -0.871. The lowest BCUT2D eigenvalue weighted by Crippen LogP contribution is -2.44. The number of nitrogens with one attached hydrogen (secondary N) is 1. The van der Waals surface area contributed by atoms with Gasteiger partial charge >= 0.3 is 0 Å². The van der Waals surface area contributed by atoms with Gasteiger partial charge in [-0.2, -0.15) is 0 Å². The van der Waals surface area contributed by atoms with E-state index in [2.05, 4.69) is 5.32 Å². The van der Waals surface area contributed by atoms with Crippen LogP contribution in [0.1, 0.15) is 22.3 Å². The number of benzene rings is 3. The van der Waals surface area contributed by atoms with E-state index in [-0.39, 0.29) is 5.91 Å². The molecule has 0 fully saturated rings. The molecule has 3 aromatic rings. The van der Waals surface area contributed by atoms with Crippen molar-refractivity contribution in [1.29, 1.82) is 0 Å². The molecule has 0 bridgehead atoms. The first-order valence-electron chi connectivity index (χ1n) is 8.44. The van der Waals surface area contributed by atoms with Gasteiger partial charge in [0.15, 0.2) is 0 Å². The molecule has 0 radical (unpaired) electrons. The number of hydrogen-bond donors (Lipinski definition) is 2. The average molecular weight is 344 g/mol. The maximum atomic E-state index is 12.5. The lowest BCUT2D eigenvalue weighted by molar-refractivity contribution is -0.119. The second-order valence-corrected chi connectivity index (χ2v) is 6.04. The first-order chi connectivity index (χ1) is 12.6. The summed E-state index contributed by atoms with van der Waals surface area (Å²) in [5.41, 5.74) is 6.97. The van der Waals surface area contributed by atoms with Crippen LogP contribution in [0.5, 0.6) is 0 Å². The Labute approximate surface area is 152 Å². The molecule has 0 heterocycles. The first-order valence-corrected chi connectivity index (χ1v) is 8.44. The molecule has 0 aliphatic heterocycles. The fourth-order valence-electron chi connectivity index (χ4n) is 2.72. The number of carbonyl (C=O) groups excluding carboxylic acids is 2. The maximum Gasteiger partial charge on any atom is 0.251 e. The molecule has 3 aromatic carbocycles. The largest absolute Gasteiger partial charge is 0.368 e. The van der Waals surface area contributed by atoms with Crippen LogP contribution in [0.4, 0.5) is 0 Å². The van der Waals surface area contributed by atoms with Crippen LogP contribution >= 0.6 is 0 Å². The molecule has 0 unspecified atom stereocenters. The minimum Gasteiger partial charge on any atom is -0.368 e. The molecular formula is C22H20N2O2. The van der Waals surface area contributed by atoms with Gasteiger partial charge in [0.05, 0.1) is 0 Å². The van der Waals surface area contributed by atoms with Gasteiger partial charge in [0, 0.05) is 5.56 Å². The third-order valence-corrected chi connectivity index (χ3v) is 4.14. The number of carbonyl (C=O) groups is 2. The molecule has 26 heavy (non-hydrogen) atoms. The summed E-state index contributed by atoms with van der Waals surface area (Å²) in [6, 6.07) is 22.2. The summed E-state index contributed by atoms with van der Waals surface area (Å²) in [5, 5.41) is 4.75. The molecule has 0 aromatic heterocycles. The Kier molecular flexibility index (Phi) is 5.44. The summed E-state index contributed by atoms with van der Waals surface area (Å²) in [6.45, 7) is 0. The van der Waals surface area contributed by atoms with Crippen molar-refractivity contribution in [3.63, 3.8) is 0 Å². The number of fused-ring (bicyclic) bond motifs is 1. The highest BCUT2D eigenvalue weighted by Gasteiger charge is 2.17. The molecule has 130 valence electrons. The van der Waals surface area contributed by atoms with Crippen molar-refractivity contribution in [3.05, 3.63) is 90.0 Å². The topological polar surface area (TPSA) is 72.2 Å². The maximum absolute atomic E-state index is 12.5. The lowest BCUT2D eigenvalue weighted by Gasteiger charge is -2.14. The molecule has 0 saturated carbocycles. The lowest BCUT2D eigenvalue weighted by atomic mass is 10.1. The summed E-state index contributed by atoms with van der Waals surface area (Å²) in [4.78, 5) is 24.2. The van der Waals surface area contributed by atoms with E-state index in [1.54, 1.807) is 6.07 Å². The zero-order chi connectivity index (χ0) is 18.4. The van der Waals surface area contributed by atoms with Crippen LogP contribution in [0.15, 0.2) is 78.9 Å². The molecule has 4 heteroatoms. The van der Waals surface area contributed by atoms with E-state index in [9.17, 15) is 9.59 Å².